The highest BCUT2D eigenvalue weighted by molar-refractivity contribution is 6.22. The first-order valence-corrected chi connectivity index (χ1v) is 13.9. The Labute approximate surface area is 241 Å². The van der Waals surface area contributed by atoms with Crippen molar-refractivity contribution in [3.63, 3.8) is 0 Å². The summed E-state index contributed by atoms with van der Waals surface area (Å²) in [6.45, 7) is 4.54. The van der Waals surface area contributed by atoms with Crippen LogP contribution >= 0.6 is 0 Å². The van der Waals surface area contributed by atoms with Gasteiger partial charge in [0.05, 0.1) is 31.8 Å². The summed E-state index contributed by atoms with van der Waals surface area (Å²) in [6, 6.07) is 14.5. The topological polar surface area (TPSA) is 115 Å². The molecule has 218 valence electrons. The summed E-state index contributed by atoms with van der Waals surface area (Å²) in [6.07, 6.45) is 0.111. The van der Waals surface area contributed by atoms with E-state index in [2.05, 4.69) is 11.0 Å². The number of imide groups is 1. The van der Waals surface area contributed by atoms with E-state index in [-0.39, 0.29) is 18.2 Å². The molecule has 2 aliphatic rings. The van der Waals surface area contributed by atoms with E-state index in [1.54, 1.807) is 38.4 Å². The van der Waals surface area contributed by atoms with Crippen molar-refractivity contribution in [1.29, 1.82) is 0 Å². The smallest absolute Gasteiger partial charge is 0.332 e. The van der Waals surface area contributed by atoms with Crippen LogP contribution in [0.1, 0.15) is 17.5 Å². The minimum atomic E-state index is -0.551. The first kappa shape index (κ1) is 27.5. The fraction of sp³-hybridized carbons (Fsp3) is 0.367. The third-order valence-electron chi connectivity index (χ3n) is 8.22. The zero-order valence-corrected chi connectivity index (χ0v) is 24.1. The largest absolute Gasteiger partial charge is 0.497 e. The van der Waals surface area contributed by atoms with Gasteiger partial charge in [0.15, 0.2) is 11.2 Å². The van der Waals surface area contributed by atoms with E-state index in [1.165, 1.54) is 16.5 Å². The lowest BCUT2D eigenvalue weighted by molar-refractivity contribution is -0.123. The van der Waals surface area contributed by atoms with E-state index >= 15 is 0 Å². The Kier molecular flexibility index (Phi) is 6.93. The number of hydrogen-bond acceptors (Lipinski definition) is 8. The maximum atomic E-state index is 13.4. The summed E-state index contributed by atoms with van der Waals surface area (Å²) in [5.74, 6) is 0.687. The molecular weight excluding hydrogens is 538 g/mol. The highest BCUT2D eigenvalue weighted by Crippen LogP contribution is 2.30. The van der Waals surface area contributed by atoms with Gasteiger partial charge in [0.25, 0.3) is 11.5 Å². The van der Waals surface area contributed by atoms with Gasteiger partial charge in [-0.05, 0) is 24.6 Å². The minimum Gasteiger partial charge on any atom is -0.497 e. The number of aryl methyl sites for hydroxylation is 2. The van der Waals surface area contributed by atoms with Crippen LogP contribution in [0, 0.1) is 6.92 Å². The number of amides is 2. The maximum absolute atomic E-state index is 13.4. The SMILES string of the molecule is COc1cccc(N2C(=O)CC(N3CCN(c4nc5c(c(=O)n(C)c(=O)n5C)n4Cc4cccc(C)c4)CC3)C2=O)c1. The lowest BCUT2D eigenvalue weighted by atomic mass is 10.1. The number of anilines is 2. The van der Waals surface area contributed by atoms with Crippen LogP contribution < -0.4 is 25.8 Å². The number of ether oxygens (including phenoxy) is 1. The molecule has 4 aromatic rings. The molecule has 12 nitrogen and oxygen atoms in total. The number of rotatable bonds is 6. The number of piperazine rings is 1. The van der Waals surface area contributed by atoms with Crippen molar-refractivity contribution in [1.82, 2.24) is 23.6 Å². The maximum Gasteiger partial charge on any atom is 0.332 e. The summed E-state index contributed by atoms with van der Waals surface area (Å²) in [7, 11) is 4.63. The molecular formula is C30H33N7O5. The number of aromatic nitrogens is 4. The Morgan fingerprint density at radius 1 is 0.929 bits per heavy atom. The molecule has 0 bridgehead atoms. The molecule has 2 aliphatic heterocycles. The number of imidazole rings is 1. The van der Waals surface area contributed by atoms with E-state index in [0.717, 1.165) is 15.7 Å². The number of carbonyl (C=O) groups is 2. The lowest BCUT2D eigenvalue weighted by Crippen LogP contribution is -2.53. The van der Waals surface area contributed by atoms with Crippen LogP contribution in [0.2, 0.25) is 0 Å². The Hall–Kier alpha value is -4.71. The molecule has 2 saturated heterocycles. The third-order valence-corrected chi connectivity index (χ3v) is 8.22. The average Bonchev–Trinajstić information content (AvgIpc) is 3.51. The molecule has 2 aromatic carbocycles. The van der Waals surface area contributed by atoms with Gasteiger partial charge in [-0.15, -0.1) is 0 Å². The van der Waals surface area contributed by atoms with Gasteiger partial charge in [-0.25, -0.2) is 9.69 Å². The highest BCUT2D eigenvalue weighted by atomic mass is 16.5. The summed E-state index contributed by atoms with van der Waals surface area (Å²) >= 11 is 0. The fourth-order valence-electron chi connectivity index (χ4n) is 5.97. The molecule has 12 heteroatoms. The predicted molar refractivity (Wildman–Crippen MR) is 158 cm³/mol. The first-order valence-electron chi connectivity index (χ1n) is 13.9. The quantitative estimate of drug-likeness (QED) is 0.318. The number of fused-ring (bicyclic) bond motifs is 1. The van der Waals surface area contributed by atoms with Crippen molar-refractivity contribution in [3.05, 3.63) is 80.5 Å². The monoisotopic (exact) mass is 571 g/mol. The number of carbonyl (C=O) groups excluding carboxylic acids is 2. The Morgan fingerprint density at radius 2 is 1.67 bits per heavy atom. The fourth-order valence-corrected chi connectivity index (χ4v) is 5.97. The molecule has 2 fully saturated rings. The molecule has 6 rings (SSSR count). The van der Waals surface area contributed by atoms with Crippen LogP contribution in [0.25, 0.3) is 11.2 Å². The van der Waals surface area contributed by atoms with Crippen LogP contribution in [0.5, 0.6) is 5.75 Å². The zero-order valence-electron chi connectivity index (χ0n) is 24.1. The van der Waals surface area contributed by atoms with E-state index in [0.29, 0.717) is 61.3 Å². The number of methoxy groups -OCH3 is 1. The molecule has 0 saturated carbocycles. The third kappa shape index (κ3) is 4.57. The van der Waals surface area contributed by atoms with Crippen LogP contribution in [0.15, 0.2) is 58.1 Å². The van der Waals surface area contributed by atoms with Crippen LogP contribution in [0.4, 0.5) is 11.6 Å². The molecule has 2 aromatic heterocycles. The second kappa shape index (κ2) is 10.6. The summed E-state index contributed by atoms with van der Waals surface area (Å²) in [5, 5.41) is 0. The zero-order chi connectivity index (χ0) is 29.7. The Balaban J connectivity index is 1.28. The number of hydrogen-bond donors (Lipinski definition) is 0. The van der Waals surface area contributed by atoms with E-state index < -0.39 is 17.3 Å². The molecule has 0 aliphatic carbocycles. The average molecular weight is 572 g/mol. The second-order valence-electron chi connectivity index (χ2n) is 10.9. The van der Waals surface area contributed by atoms with Crippen molar-refractivity contribution >= 4 is 34.6 Å². The lowest BCUT2D eigenvalue weighted by Gasteiger charge is -2.37. The highest BCUT2D eigenvalue weighted by Gasteiger charge is 2.43. The molecule has 0 spiro atoms. The van der Waals surface area contributed by atoms with Gasteiger partial charge < -0.3 is 9.64 Å². The number of nitrogens with zero attached hydrogens (tertiary/aromatic N) is 7. The van der Waals surface area contributed by atoms with Gasteiger partial charge in [-0.3, -0.25) is 33.0 Å². The van der Waals surface area contributed by atoms with Gasteiger partial charge in [0.2, 0.25) is 11.9 Å². The van der Waals surface area contributed by atoms with E-state index in [4.69, 9.17) is 9.72 Å². The van der Waals surface area contributed by atoms with Gasteiger partial charge >= 0.3 is 5.69 Å². The predicted octanol–water partition coefficient (Wildman–Crippen LogP) is 1.25. The summed E-state index contributed by atoms with van der Waals surface area (Å²) in [4.78, 5) is 62.6. The molecule has 1 unspecified atom stereocenters. The summed E-state index contributed by atoms with van der Waals surface area (Å²) < 4.78 is 9.67. The van der Waals surface area contributed by atoms with E-state index in [9.17, 15) is 19.2 Å². The summed E-state index contributed by atoms with van der Waals surface area (Å²) in [5.41, 5.74) is 2.48. The van der Waals surface area contributed by atoms with Gasteiger partial charge in [0.1, 0.15) is 5.75 Å². The van der Waals surface area contributed by atoms with Gasteiger partial charge in [-0.2, -0.15) is 4.98 Å². The van der Waals surface area contributed by atoms with Crippen molar-refractivity contribution in [2.24, 2.45) is 14.1 Å². The van der Waals surface area contributed by atoms with Crippen molar-refractivity contribution < 1.29 is 14.3 Å². The second-order valence-corrected chi connectivity index (χ2v) is 10.9. The van der Waals surface area contributed by atoms with Gasteiger partial charge in [-0.1, -0.05) is 35.9 Å². The Bertz CT molecular complexity index is 1830. The molecule has 0 radical (unpaired) electrons. The van der Waals surface area contributed by atoms with Crippen molar-refractivity contribution in [2.45, 2.75) is 25.9 Å². The van der Waals surface area contributed by atoms with Crippen LogP contribution in [-0.2, 0) is 30.2 Å². The Morgan fingerprint density at radius 3 is 2.38 bits per heavy atom. The van der Waals surface area contributed by atoms with Crippen LogP contribution in [0.3, 0.4) is 0 Å². The standard InChI is InChI=1S/C30H33N7O5/c1-19-7-5-8-20(15-19)18-36-25-26(32(2)30(41)33(3)28(25)40)31-29(36)35-13-11-34(12-14-35)23-17-24(38)37(27(23)39)21-9-6-10-22(16-21)42-4/h5-10,15-16,23H,11-14,17-18H2,1-4H3. The van der Waals surface area contributed by atoms with E-state index in [1.807, 2.05) is 34.6 Å². The van der Waals surface area contributed by atoms with Crippen molar-refractivity contribution in [3.8, 4) is 5.75 Å². The van der Waals surface area contributed by atoms with Gasteiger partial charge in [0, 0.05) is 46.3 Å². The normalized spacial score (nSPS) is 18.0. The molecule has 0 N–H and O–H groups in total. The molecule has 2 amide bonds. The molecule has 4 heterocycles. The molecule has 1 atom stereocenters. The first-order chi connectivity index (χ1) is 20.2. The minimum absolute atomic E-state index is 0.111. The molecule has 42 heavy (non-hydrogen) atoms. The van der Waals surface area contributed by atoms with Crippen molar-refractivity contribution in [2.75, 3.05) is 43.1 Å². The number of benzene rings is 2. The van der Waals surface area contributed by atoms with Crippen LogP contribution in [-0.4, -0.2) is 74.7 Å².